The highest BCUT2D eigenvalue weighted by Crippen LogP contribution is 2.23. The van der Waals surface area contributed by atoms with Crippen LogP contribution in [0.25, 0.3) is 0 Å². The van der Waals surface area contributed by atoms with E-state index in [9.17, 15) is 4.79 Å². The van der Waals surface area contributed by atoms with Crippen molar-refractivity contribution in [2.45, 2.75) is 13.5 Å². The molecule has 0 aliphatic rings. The number of amides is 1. The molecular weight excluding hydrogens is 328 g/mol. The Morgan fingerprint density at radius 2 is 2.00 bits per heavy atom. The van der Waals surface area contributed by atoms with Crippen LogP contribution in [0.5, 0.6) is 11.5 Å². The average Bonchev–Trinajstić information content (AvgIpc) is 2.68. The normalized spacial score (nSPS) is 10.2. The maximum absolute atomic E-state index is 12.7. The van der Waals surface area contributed by atoms with Crippen molar-refractivity contribution in [2.75, 3.05) is 12.4 Å². The molecule has 0 saturated heterocycles. The van der Waals surface area contributed by atoms with E-state index >= 15 is 0 Å². The van der Waals surface area contributed by atoms with E-state index in [2.05, 4.69) is 10.3 Å². The summed E-state index contributed by atoms with van der Waals surface area (Å²) in [5, 5.41) is 2.84. The molecule has 0 spiro atoms. The Bertz CT molecular complexity index is 895. The molecule has 2 aromatic carbocycles. The van der Waals surface area contributed by atoms with E-state index in [4.69, 9.17) is 9.47 Å². The summed E-state index contributed by atoms with van der Waals surface area (Å²) in [7, 11) is 1.63. The Labute approximate surface area is 152 Å². The predicted octanol–water partition coefficient (Wildman–Crippen LogP) is 4.23. The van der Waals surface area contributed by atoms with Gasteiger partial charge in [-0.15, -0.1) is 0 Å². The molecule has 0 atom stereocenters. The van der Waals surface area contributed by atoms with Crippen molar-refractivity contribution >= 4 is 11.6 Å². The van der Waals surface area contributed by atoms with Crippen LogP contribution in [-0.2, 0) is 6.61 Å². The molecule has 3 rings (SSSR count). The van der Waals surface area contributed by atoms with Crippen molar-refractivity contribution in [1.82, 2.24) is 4.98 Å². The fourth-order valence-corrected chi connectivity index (χ4v) is 2.51. The molecule has 1 N–H and O–H groups in total. The number of aryl methyl sites for hydroxylation is 1. The number of aromatic nitrogens is 1. The number of hydrogen-bond donors (Lipinski definition) is 1. The van der Waals surface area contributed by atoms with Crippen molar-refractivity contribution in [3.63, 3.8) is 0 Å². The van der Waals surface area contributed by atoms with Crippen molar-refractivity contribution in [1.29, 1.82) is 0 Å². The highest BCUT2D eigenvalue weighted by molar-refractivity contribution is 6.06. The van der Waals surface area contributed by atoms with Gasteiger partial charge in [-0.1, -0.05) is 23.8 Å². The summed E-state index contributed by atoms with van der Waals surface area (Å²) in [6, 6.07) is 16.7. The minimum absolute atomic E-state index is 0.234. The van der Waals surface area contributed by atoms with Crippen LogP contribution in [0.1, 0.15) is 21.5 Å². The lowest BCUT2D eigenvalue weighted by Crippen LogP contribution is -2.14. The van der Waals surface area contributed by atoms with Crippen LogP contribution in [0.4, 0.5) is 5.69 Å². The number of methoxy groups -OCH3 is 1. The second kappa shape index (κ2) is 8.16. The molecule has 0 fully saturated rings. The van der Waals surface area contributed by atoms with Gasteiger partial charge in [0.2, 0.25) is 0 Å². The van der Waals surface area contributed by atoms with Crippen LogP contribution in [-0.4, -0.2) is 18.0 Å². The molecule has 1 amide bonds. The summed E-state index contributed by atoms with van der Waals surface area (Å²) >= 11 is 0. The van der Waals surface area contributed by atoms with E-state index in [0.29, 0.717) is 23.6 Å². The summed E-state index contributed by atoms with van der Waals surface area (Å²) < 4.78 is 11.1. The molecular formula is C21H20N2O3. The summed E-state index contributed by atoms with van der Waals surface area (Å²) in [4.78, 5) is 16.7. The summed E-state index contributed by atoms with van der Waals surface area (Å²) in [6.45, 7) is 2.28. The lowest BCUT2D eigenvalue weighted by molar-refractivity contribution is 0.102. The number of anilines is 1. The highest BCUT2D eigenvalue weighted by Gasteiger charge is 2.14. The number of carbonyl (C=O) groups excluding carboxylic acids is 1. The van der Waals surface area contributed by atoms with Gasteiger partial charge in [0.05, 0.1) is 24.6 Å². The van der Waals surface area contributed by atoms with Gasteiger partial charge in [0.25, 0.3) is 5.91 Å². The minimum atomic E-state index is -0.234. The van der Waals surface area contributed by atoms with E-state index in [0.717, 1.165) is 16.9 Å². The molecule has 0 saturated carbocycles. The van der Waals surface area contributed by atoms with Gasteiger partial charge in [-0.25, -0.2) is 0 Å². The lowest BCUT2D eigenvalue weighted by atomic mass is 10.1. The zero-order chi connectivity index (χ0) is 18.4. The smallest absolute Gasteiger partial charge is 0.259 e. The Morgan fingerprint density at radius 1 is 1.12 bits per heavy atom. The van der Waals surface area contributed by atoms with E-state index in [-0.39, 0.29) is 5.91 Å². The first-order chi connectivity index (χ1) is 12.7. The molecule has 1 heterocycles. The van der Waals surface area contributed by atoms with Gasteiger partial charge in [0.1, 0.15) is 18.1 Å². The van der Waals surface area contributed by atoms with E-state index in [1.165, 1.54) is 0 Å². The van der Waals surface area contributed by atoms with Gasteiger partial charge in [-0.3, -0.25) is 9.78 Å². The molecule has 5 nitrogen and oxygen atoms in total. The lowest BCUT2D eigenvalue weighted by Gasteiger charge is -2.13. The molecule has 0 aliphatic heterocycles. The summed E-state index contributed by atoms with van der Waals surface area (Å²) in [5.41, 5.74) is 3.06. The number of pyridine rings is 1. The molecule has 26 heavy (non-hydrogen) atoms. The first-order valence-corrected chi connectivity index (χ1v) is 8.23. The second-order valence-electron chi connectivity index (χ2n) is 5.84. The first kappa shape index (κ1) is 17.5. The fourth-order valence-electron chi connectivity index (χ4n) is 2.51. The fraction of sp³-hybridized carbons (Fsp3) is 0.143. The Balaban J connectivity index is 1.78. The third-order valence-electron chi connectivity index (χ3n) is 3.83. The van der Waals surface area contributed by atoms with Crippen LogP contribution in [0.2, 0.25) is 0 Å². The van der Waals surface area contributed by atoms with Crippen LogP contribution in [0, 0.1) is 6.92 Å². The topological polar surface area (TPSA) is 60.5 Å². The quantitative estimate of drug-likeness (QED) is 0.724. The minimum Gasteiger partial charge on any atom is -0.497 e. The van der Waals surface area contributed by atoms with Crippen LogP contribution in [0.15, 0.2) is 67.0 Å². The monoisotopic (exact) mass is 348 g/mol. The van der Waals surface area contributed by atoms with E-state index in [1.54, 1.807) is 31.6 Å². The van der Waals surface area contributed by atoms with Gasteiger partial charge in [-0.05, 0) is 48.9 Å². The number of ether oxygens (including phenoxy) is 2. The van der Waals surface area contributed by atoms with Gasteiger partial charge in [0.15, 0.2) is 0 Å². The third kappa shape index (κ3) is 4.39. The third-order valence-corrected chi connectivity index (χ3v) is 3.83. The van der Waals surface area contributed by atoms with Crippen LogP contribution < -0.4 is 14.8 Å². The molecule has 1 aromatic heterocycles. The number of nitrogens with one attached hydrogen (secondary N) is 1. The number of nitrogens with zero attached hydrogens (tertiary/aromatic N) is 1. The molecule has 132 valence electrons. The van der Waals surface area contributed by atoms with Gasteiger partial charge in [0, 0.05) is 6.20 Å². The number of rotatable bonds is 6. The van der Waals surface area contributed by atoms with E-state index in [1.807, 2.05) is 49.4 Å². The summed E-state index contributed by atoms with van der Waals surface area (Å²) in [6.07, 6.45) is 3.26. The van der Waals surface area contributed by atoms with Gasteiger partial charge < -0.3 is 14.8 Å². The van der Waals surface area contributed by atoms with Crippen LogP contribution >= 0.6 is 0 Å². The molecule has 0 aliphatic carbocycles. The van der Waals surface area contributed by atoms with Gasteiger partial charge >= 0.3 is 0 Å². The maximum atomic E-state index is 12.7. The van der Waals surface area contributed by atoms with Gasteiger partial charge in [-0.2, -0.15) is 0 Å². The molecule has 3 aromatic rings. The molecule has 0 radical (unpaired) electrons. The predicted molar refractivity (Wildman–Crippen MR) is 101 cm³/mol. The standard InChI is InChI=1S/C21H20N2O3/c1-15-8-9-20(26-14-16-5-3-7-18(12-16)25-2)19(11-15)21(24)23-17-6-4-10-22-13-17/h3-13H,14H2,1-2H3,(H,23,24). The Hall–Kier alpha value is -3.34. The second-order valence-corrected chi connectivity index (χ2v) is 5.84. The van der Waals surface area contributed by atoms with Crippen LogP contribution in [0.3, 0.4) is 0 Å². The largest absolute Gasteiger partial charge is 0.497 e. The van der Waals surface area contributed by atoms with Crippen molar-refractivity contribution in [2.24, 2.45) is 0 Å². The SMILES string of the molecule is COc1cccc(COc2ccc(C)cc2C(=O)Nc2cccnc2)c1. The average molecular weight is 348 g/mol. The Kier molecular flexibility index (Phi) is 5.49. The van der Waals surface area contributed by atoms with Crippen molar-refractivity contribution in [3.8, 4) is 11.5 Å². The first-order valence-electron chi connectivity index (χ1n) is 8.23. The molecule has 5 heteroatoms. The molecule has 0 unspecified atom stereocenters. The Morgan fingerprint density at radius 3 is 2.77 bits per heavy atom. The number of hydrogen-bond acceptors (Lipinski definition) is 4. The number of benzene rings is 2. The van der Waals surface area contributed by atoms with E-state index < -0.39 is 0 Å². The summed E-state index contributed by atoms with van der Waals surface area (Å²) in [5.74, 6) is 1.06. The highest BCUT2D eigenvalue weighted by atomic mass is 16.5. The zero-order valence-electron chi connectivity index (χ0n) is 14.7. The van der Waals surface area contributed by atoms with Crippen molar-refractivity contribution in [3.05, 3.63) is 83.7 Å². The zero-order valence-corrected chi connectivity index (χ0v) is 14.7. The van der Waals surface area contributed by atoms with Crippen molar-refractivity contribution < 1.29 is 14.3 Å². The maximum Gasteiger partial charge on any atom is 0.259 e. The molecule has 0 bridgehead atoms. The number of carbonyl (C=O) groups is 1.